The first-order valence-corrected chi connectivity index (χ1v) is 3.82. The number of nitrogens with zero attached hydrogens (tertiary/aromatic N) is 4. The van der Waals surface area contributed by atoms with E-state index >= 15 is 0 Å². The van der Waals surface area contributed by atoms with Crippen LogP contribution in [0.25, 0.3) is 0 Å². The minimum atomic E-state index is 0.231. The maximum absolute atomic E-state index is 5.49. The number of likely N-dealkylation sites (N-methyl/N-ethyl adjacent to an activating group) is 1. The molecule has 0 aliphatic heterocycles. The third-order valence-electron chi connectivity index (χ3n) is 1.79. The summed E-state index contributed by atoms with van der Waals surface area (Å²) in [6.07, 6.45) is 3.16. The molecule has 66 valence electrons. The predicted molar refractivity (Wildman–Crippen MR) is 46.7 cm³/mol. The molecule has 12 heavy (non-hydrogen) atoms. The maximum Gasteiger partial charge on any atom is 0.245 e. The number of aromatic nitrogens is 3. The number of hydrogen-bond donors (Lipinski definition) is 1. The van der Waals surface area contributed by atoms with Crippen LogP contribution in [0.5, 0.6) is 0 Å². The quantitative estimate of drug-likeness (QED) is 0.666. The Morgan fingerprint density at radius 3 is 2.83 bits per heavy atom. The maximum atomic E-state index is 5.49. The monoisotopic (exact) mass is 167 g/mol. The van der Waals surface area contributed by atoms with Crippen molar-refractivity contribution in [2.75, 3.05) is 18.5 Å². The molecule has 0 radical (unpaired) electrons. The lowest BCUT2D eigenvalue weighted by Crippen LogP contribution is -2.36. The topological polar surface area (TPSA) is 67.9 Å². The van der Waals surface area contributed by atoms with Crippen molar-refractivity contribution in [2.24, 2.45) is 5.73 Å². The van der Waals surface area contributed by atoms with Crippen LogP contribution < -0.4 is 10.6 Å². The molecule has 1 aromatic heterocycles. The van der Waals surface area contributed by atoms with E-state index in [1.54, 1.807) is 12.4 Å². The fraction of sp³-hybridized carbons (Fsp3) is 0.571. The summed E-state index contributed by atoms with van der Waals surface area (Å²) in [5.74, 6) is 0.607. The second-order valence-electron chi connectivity index (χ2n) is 2.64. The molecule has 0 aliphatic rings. The van der Waals surface area contributed by atoms with Crippen LogP contribution in [0.2, 0.25) is 0 Å². The third-order valence-corrected chi connectivity index (χ3v) is 1.79. The van der Waals surface area contributed by atoms with Gasteiger partial charge in [0.15, 0.2) is 0 Å². The van der Waals surface area contributed by atoms with Gasteiger partial charge in [-0.05, 0) is 6.92 Å². The van der Waals surface area contributed by atoms with E-state index in [2.05, 4.69) is 15.2 Å². The van der Waals surface area contributed by atoms with Gasteiger partial charge in [0.2, 0.25) is 5.95 Å². The molecule has 1 rings (SSSR count). The Kier molecular flexibility index (Phi) is 2.93. The van der Waals surface area contributed by atoms with Crippen molar-refractivity contribution in [3.63, 3.8) is 0 Å². The van der Waals surface area contributed by atoms with Gasteiger partial charge >= 0.3 is 0 Å². The van der Waals surface area contributed by atoms with E-state index in [0.717, 1.165) is 0 Å². The smallest absolute Gasteiger partial charge is 0.245 e. The molecule has 1 heterocycles. The fourth-order valence-corrected chi connectivity index (χ4v) is 0.757. The average molecular weight is 167 g/mol. The van der Waals surface area contributed by atoms with Crippen molar-refractivity contribution in [3.05, 3.63) is 12.4 Å². The van der Waals surface area contributed by atoms with Gasteiger partial charge in [-0.2, -0.15) is 5.10 Å². The van der Waals surface area contributed by atoms with Crippen LogP contribution in [-0.4, -0.2) is 34.8 Å². The van der Waals surface area contributed by atoms with E-state index in [-0.39, 0.29) is 6.04 Å². The number of nitrogens with two attached hydrogens (primary N) is 1. The first kappa shape index (κ1) is 8.86. The van der Waals surface area contributed by atoms with Gasteiger partial charge in [0.25, 0.3) is 0 Å². The fourth-order valence-electron chi connectivity index (χ4n) is 0.757. The SMILES string of the molecule is CC(CN)N(C)c1nccnn1. The van der Waals surface area contributed by atoms with Crippen molar-refractivity contribution in [2.45, 2.75) is 13.0 Å². The standard InChI is InChI=1S/C7H13N5/c1-6(5-8)12(2)7-9-3-4-10-11-7/h3-4,6H,5,8H2,1-2H3. The van der Waals surface area contributed by atoms with Crippen molar-refractivity contribution < 1.29 is 0 Å². The summed E-state index contributed by atoms with van der Waals surface area (Å²) >= 11 is 0. The first-order chi connectivity index (χ1) is 5.75. The van der Waals surface area contributed by atoms with Crippen LogP contribution in [0.1, 0.15) is 6.92 Å². The van der Waals surface area contributed by atoms with Crippen LogP contribution in [-0.2, 0) is 0 Å². The molecule has 2 N–H and O–H groups in total. The molecule has 0 bridgehead atoms. The number of hydrogen-bond acceptors (Lipinski definition) is 5. The Bertz CT molecular complexity index is 224. The number of anilines is 1. The Morgan fingerprint density at radius 1 is 1.58 bits per heavy atom. The molecule has 0 saturated carbocycles. The van der Waals surface area contributed by atoms with Gasteiger partial charge in [0.05, 0.1) is 12.4 Å². The Labute approximate surface area is 71.6 Å². The molecule has 0 saturated heterocycles. The lowest BCUT2D eigenvalue weighted by Gasteiger charge is -2.22. The van der Waals surface area contributed by atoms with E-state index < -0.39 is 0 Å². The van der Waals surface area contributed by atoms with Gasteiger partial charge in [0.1, 0.15) is 0 Å². The van der Waals surface area contributed by atoms with Crippen molar-refractivity contribution in [1.29, 1.82) is 0 Å². The van der Waals surface area contributed by atoms with E-state index in [0.29, 0.717) is 12.5 Å². The zero-order valence-electron chi connectivity index (χ0n) is 7.31. The van der Waals surface area contributed by atoms with Crippen LogP contribution in [0.15, 0.2) is 12.4 Å². The third kappa shape index (κ3) is 1.88. The summed E-state index contributed by atoms with van der Waals surface area (Å²) in [4.78, 5) is 5.94. The molecule has 0 amide bonds. The largest absolute Gasteiger partial charge is 0.339 e. The summed E-state index contributed by atoms with van der Waals surface area (Å²) in [5, 5.41) is 7.58. The zero-order chi connectivity index (χ0) is 8.97. The molecule has 1 unspecified atom stereocenters. The summed E-state index contributed by atoms with van der Waals surface area (Å²) in [7, 11) is 1.90. The molecule has 1 atom stereocenters. The van der Waals surface area contributed by atoms with E-state index in [9.17, 15) is 0 Å². The van der Waals surface area contributed by atoms with Crippen molar-refractivity contribution >= 4 is 5.95 Å². The minimum Gasteiger partial charge on any atom is -0.339 e. The number of rotatable bonds is 3. The van der Waals surface area contributed by atoms with E-state index in [1.807, 2.05) is 18.9 Å². The lowest BCUT2D eigenvalue weighted by molar-refractivity contribution is 0.670. The summed E-state index contributed by atoms with van der Waals surface area (Å²) in [6, 6.07) is 0.231. The molecule has 5 nitrogen and oxygen atoms in total. The van der Waals surface area contributed by atoms with Crippen LogP contribution in [0.3, 0.4) is 0 Å². The van der Waals surface area contributed by atoms with Gasteiger partial charge in [0, 0.05) is 19.6 Å². The summed E-state index contributed by atoms with van der Waals surface area (Å²) in [5.41, 5.74) is 5.49. The van der Waals surface area contributed by atoms with Gasteiger partial charge in [-0.25, -0.2) is 4.98 Å². The predicted octanol–water partition coefficient (Wildman–Crippen LogP) is -0.345. The van der Waals surface area contributed by atoms with Gasteiger partial charge in [-0.1, -0.05) is 0 Å². The second kappa shape index (κ2) is 3.96. The second-order valence-corrected chi connectivity index (χ2v) is 2.64. The Balaban J connectivity index is 2.71. The first-order valence-electron chi connectivity index (χ1n) is 3.82. The summed E-state index contributed by atoms with van der Waals surface area (Å²) < 4.78 is 0. The Morgan fingerprint density at radius 2 is 2.33 bits per heavy atom. The van der Waals surface area contributed by atoms with Crippen LogP contribution in [0.4, 0.5) is 5.95 Å². The molecule has 1 aromatic rings. The highest BCUT2D eigenvalue weighted by atomic mass is 15.3. The van der Waals surface area contributed by atoms with Gasteiger partial charge < -0.3 is 10.6 Å². The van der Waals surface area contributed by atoms with Crippen molar-refractivity contribution in [3.8, 4) is 0 Å². The van der Waals surface area contributed by atoms with E-state index in [4.69, 9.17) is 5.73 Å². The normalized spacial score (nSPS) is 12.6. The molecular formula is C7H13N5. The van der Waals surface area contributed by atoms with Crippen molar-refractivity contribution in [1.82, 2.24) is 15.2 Å². The highest BCUT2D eigenvalue weighted by molar-refractivity contribution is 5.26. The van der Waals surface area contributed by atoms with Gasteiger partial charge in [-0.3, -0.25) is 0 Å². The average Bonchev–Trinajstić information content (AvgIpc) is 2.17. The minimum absolute atomic E-state index is 0.231. The Hall–Kier alpha value is -1.23. The molecule has 0 fully saturated rings. The lowest BCUT2D eigenvalue weighted by atomic mass is 10.3. The molecular weight excluding hydrogens is 154 g/mol. The summed E-state index contributed by atoms with van der Waals surface area (Å²) in [6.45, 7) is 2.59. The molecule has 0 aromatic carbocycles. The van der Waals surface area contributed by atoms with Crippen LogP contribution >= 0.6 is 0 Å². The van der Waals surface area contributed by atoms with Gasteiger partial charge in [-0.15, -0.1) is 5.10 Å². The molecule has 5 heteroatoms. The van der Waals surface area contributed by atoms with E-state index in [1.165, 1.54) is 0 Å². The van der Waals surface area contributed by atoms with Crippen LogP contribution in [0, 0.1) is 0 Å². The zero-order valence-corrected chi connectivity index (χ0v) is 7.31. The highest BCUT2D eigenvalue weighted by Gasteiger charge is 2.09. The molecule has 0 aliphatic carbocycles. The highest BCUT2D eigenvalue weighted by Crippen LogP contribution is 2.03. The molecule has 0 spiro atoms.